The molecule has 2 aliphatic heterocycles. The number of sulfonamides is 1. The number of ether oxygens (including phenoxy) is 1. The van der Waals surface area contributed by atoms with Gasteiger partial charge in [-0.1, -0.05) is 0 Å². The van der Waals surface area contributed by atoms with Crippen molar-refractivity contribution in [3.05, 3.63) is 45.8 Å². The monoisotopic (exact) mass is 535 g/mol. The number of anilines is 1. The van der Waals surface area contributed by atoms with Crippen LogP contribution < -0.4 is 16.4 Å². The molecule has 4 amide bonds. The van der Waals surface area contributed by atoms with E-state index in [1.165, 1.54) is 39.9 Å². The second-order valence-corrected chi connectivity index (χ2v) is 12.1. The van der Waals surface area contributed by atoms with Crippen LogP contribution in [0.1, 0.15) is 45.0 Å². The molecule has 0 radical (unpaired) electrons. The number of primary amides is 1. The van der Waals surface area contributed by atoms with Crippen molar-refractivity contribution in [2.24, 2.45) is 5.73 Å². The maximum Gasteiger partial charge on any atom is 0.319 e. The van der Waals surface area contributed by atoms with E-state index in [0.29, 0.717) is 18.0 Å². The third kappa shape index (κ3) is 5.44. The van der Waals surface area contributed by atoms with Crippen molar-refractivity contribution in [1.29, 1.82) is 0 Å². The second-order valence-electron chi connectivity index (χ2n) is 9.07. The number of morpholine rings is 1. The third-order valence-electron chi connectivity index (χ3n) is 6.08. The minimum absolute atomic E-state index is 0.0801. The molecular weight excluding hydrogens is 506 g/mol. The average Bonchev–Trinajstić information content (AvgIpc) is 3.14. The first-order chi connectivity index (χ1) is 17.0. The largest absolute Gasteiger partial charge is 0.373 e. The van der Waals surface area contributed by atoms with Crippen LogP contribution >= 0.6 is 11.3 Å². The number of likely N-dealkylation sites (N-methyl/N-ethyl adjacent to an activating group) is 1. The molecule has 3 heterocycles. The summed E-state index contributed by atoms with van der Waals surface area (Å²) in [6.07, 6.45) is 0.155. The highest BCUT2D eigenvalue weighted by Crippen LogP contribution is 2.37. The van der Waals surface area contributed by atoms with E-state index in [1.807, 2.05) is 20.9 Å². The molecule has 1 fully saturated rings. The lowest BCUT2D eigenvalue weighted by molar-refractivity contribution is -0.0440. The molecule has 0 spiro atoms. The Morgan fingerprint density at radius 3 is 2.33 bits per heavy atom. The molecule has 11 nitrogen and oxygen atoms in total. The van der Waals surface area contributed by atoms with Gasteiger partial charge in [-0.15, -0.1) is 11.3 Å². The van der Waals surface area contributed by atoms with Crippen molar-refractivity contribution >= 4 is 44.2 Å². The van der Waals surface area contributed by atoms with Gasteiger partial charge in [-0.25, -0.2) is 13.2 Å². The highest BCUT2D eigenvalue weighted by atomic mass is 32.2. The lowest BCUT2D eigenvalue weighted by atomic mass is 10.0. The number of nitrogens with one attached hydrogen (secondary N) is 2. The molecule has 2 atom stereocenters. The van der Waals surface area contributed by atoms with E-state index in [1.54, 1.807) is 0 Å². The summed E-state index contributed by atoms with van der Waals surface area (Å²) in [6.45, 7) is 5.49. The van der Waals surface area contributed by atoms with Crippen LogP contribution in [0.4, 0.5) is 9.80 Å². The van der Waals surface area contributed by atoms with Gasteiger partial charge in [-0.3, -0.25) is 14.9 Å². The smallest absolute Gasteiger partial charge is 0.319 e. The molecule has 0 aliphatic carbocycles. The van der Waals surface area contributed by atoms with Crippen molar-refractivity contribution in [3.63, 3.8) is 0 Å². The zero-order chi connectivity index (χ0) is 26.2. The number of fused-ring (bicyclic) bond motifs is 1. The van der Waals surface area contributed by atoms with E-state index >= 15 is 0 Å². The van der Waals surface area contributed by atoms with Gasteiger partial charge in [0.15, 0.2) is 0 Å². The number of nitrogens with two attached hydrogens (primary N) is 1. The number of carbonyl (C=O) groups is 3. The lowest BCUT2D eigenvalue weighted by Gasteiger charge is -2.34. The van der Waals surface area contributed by atoms with E-state index in [9.17, 15) is 22.8 Å². The van der Waals surface area contributed by atoms with Crippen LogP contribution in [0, 0.1) is 0 Å². The molecule has 0 saturated carbocycles. The van der Waals surface area contributed by atoms with Crippen LogP contribution in [0.25, 0.3) is 0 Å². The number of amides is 4. The van der Waals surface area contributed by atoms with Gasteiger partial charge in [-0.2, -0.15) is 4.31 Å². The number of rotatable bonds is 5. The fraction of sp³-hybridized carbons (Fsp3) is 0.435. The van der Waals surface area contributed by atoms with Gasteiger partial charge in [0.1, 0.15) is 5.00 Å². The summed E-state index contributed by atoms with van der Waals surface area (Å²) in [4.78, 5) is 40.1. The first-order valence-corrected chi connectivity index (χ1v) is 13.7. The predicted molar refractivity (Wildman–Crippen MR) is 135 cm³/mol. The number of hydrogen-bond donors (Lipinski definition) is 3. The molecule has 1 saturated heterocycles. The Labute approximate surface area is 213 Å². The Morgan fingerprint density at radius 1 is 1.08 bits per heavy atom. The fourth-order valence-corrected chi connectivity index (χ4v) is 7.37. The number of urea groups is 1. The Morgan fingerprint density at radius 2 is 1.72 bits per heavy atom. The third-order valence-corrected chi connectivity index (χ3v) is 9.06. The Hall–Kier alpha value is -2.84. The summed E-state index contributed by atoms with van der Waals surface area (Å²) in [6, 6.07) is 4.67. The molecule has 2 aliphatic rings. The summed E-state index contributed by atoms with van der Waals surface area (Å²) in [5.41, 5.74) is 6.37. The number of thiophene rings is 1. The maximum atomic E-state index is 13.1. The van der Waals surface area contributed by atoms with Crippen molar-refractivity contribution in [2.75, 3.05) is 32.0 Å². The van der Waals surface area contributed by atoms with Crippen LogP contribution in [0.2, 0.25) is 0 Å². The summed E-state index contributed by atoms with van der Waals surface area (Å²) in [5, 5.41) is 5.15. The van der Waals surface area contributed by atoms with Gasteiger partial charge < -0.3 is 20.7 Å². The first-order valence-electron chi connectivity index (χ1n) is 11.5. The van der Waals surface area contributed by atoms with Crippen LogP contribution in [0.5, 0.6) is 0 Å². The lowest BCUT2D eigenvalue weighted by Crippen LogP contribution is -2.48. The SMILES string of the molecule is CC1CN(S(=O)(=O)c2ccc(C(=O)Nc3sc4c(c3C(=O)NC(N)=O)CCN(C)C4)cc2)CC(C)O1. The van der Waals surface area contributed by atoms with Crippen molar-refractivity contribution in [2.45, 2.75) is 43.9 Å². The van der Waals surface area contributed by atoms with E-state index in [4.69, 9.17) is 10.5 Å². The fourth-order valence-electron chi connectivity index (χ4n) is 4.46. The summed E-state index contributed by atoms with van der Waals surface area (Å²) < 4.78 is 33.2. The summed E-state index contributed by atoms with van der Waals surface area (Å²) >= 11 is 1.27. The zero-order valence-corrected chi connectivity index (χ0v) is 21.9. The molecule has 4 rings (SSSR count). The maximum absolute atomic E-state index is 13.1. The number of benzene rings is 1. The minimum atomic E-state index is -3.74. The number of carbonyl (C=O) groups excluding carboxylic acids is 3. The first kappa shape index (κ1) is 26.2. The van der Waals surface area contributed by atoms with Gasteiger partial charge in [0.05, 0.1) is 22.7 Å². The summed E-state index contributed by atoms with van der Waals surface area (Å²) in [7, 11) is -1.79. The highest BCUT2D eigenvalue weighted by molar-refractivity contribution is 7.89. The van der Waals surface area contributed by atoms with E-state index in [-0.39, 0.29) is 41.3 Å². The standard InChI is InChI=1S/C23H29N5O6S2/c1-13-10-28(11-14(2)34-13)36(32,33)16-6-4-15(5-7-16)20(29)25-22-19(21(30)26-23(24)31)17-8-9-27(3)12-18(17)35-22/h4-7,13-14H,8-12H2,1-3H3,(H,25,29)(H3,24,26,30,31). The molecule has 1 aromatic heterocycles. The van der Waals surface area contributed by atoms with Gasteiger partial charge in [0.25, 0.3) is 11.8 Å². The van der Waals surface area contributed by atoms with E-state index in [2.05, 4.69) is 15.5 Å². The molecule has 13 heteroatoms. The van der Waals surface area contributed by atoms with Gasteiger partial charge >= 0.3 is 6.03 Å². The zero-order valence-electron chi connectivity index (χ0n) is 20.2. The molecule has 0 bridgehead atoms. The summed E-state index contributed by atoms with van der Waals surface area (Å²) in [5.74, 6) is -1.18. The highest BCUT2D eigenvalue weighted by Gasteiger charge is 2.32. The number of nitrogens with zero attached hydrogens (tertiary/aromatic N) is 2. The van der Waals surface area contributed by atoms with Crippen LogP contribution in [-0.4, -0.2) is 74.4 Å². The van der Waals surface area contributed by atoms with Gasteiger partial charge in [-0.05, 0) is 57.1 Å². The Bertz CT molecular complexity index is 1280. The molecule has 36 heavy (non-hydrogen) atoms. The van der Waals surface area contributed by atoms with Crippen LogP contribution in [-0.2, 0) is 27.7 Å². The minimum Gasteiger partial charge on any atom is -0.373 e. The topological polar surface area (TPSA) is 151 Å². The molecular formula is C23H29N5O6S2. The Kier molecular flexibility index (Phi) is 7.48. The normalized spacial score (nSPS) is 21.0. The molecule has 1 aromatic carbocycles. The number of hydrogen-bond acceptors (Lipinski definition) is 8. The van der Waals surface area contributed by atoms with Crippen LogP contribution in [0.15, 0.2) is 29.2 Å². The quantitative estimate of drug-likeness (QED) is 0.526. The number of imide groups is 1. The van der Waals surface area contributed by atoms with Crippen molar-refractivity contribution < 1.29 is 27.5 Å². The molecule has 194 valence electrons. The Balaban J connectivity index is 1.56. The van der Waals surface area contributed by atoms with Crippen LogP contribution in [0.3, 0.4) is 0 Å². The van der Waals surface area contributed by atoms with Crippen molar-refractivity contribution in [1.82, 2.24) is 14.5 Å². The molecule has 2 aromatic rings. The van der Waals surface area contributed by atoms with E-state index < -0.39 is 27.9 Å². The van der Waals surface area contributed by atoms with Gasteiger partial charge in [0, 0.05) is 36.6 Å². The second kappa shape index (κ2) is 10.3. The molecule has 2 unspecified atom stereocenters. The van der Waals surface area contributed by atoms with E-state index in [0.717, 1.165) is 17.0 Å². The predicted octanol–water partition coefficient (Wildman–Crippen LogP) is 1.59. The molecule has 4 N–H and O–H groups in total. The van der Waals surface area contributed by atoms with Crippen molar-refractivity contribution in [3.8, 4) is 0 Å². The average molecular weight is 536 g/mol. The van der Waals surface area contributed by atoms with Gasteiger partial charge in [0.2, 0.25) is 10.0 Å².